The van der Waals surface area contributed by atoms with E-state index in [1.54, 1.807) is 0 Å². The molecule has 3 N–H and O–H groups in total. The standard InChI is InChI=1S/CH5NO2S.Na/c2-1-5(3)4;/h1-2H2,(H,3,4);. The molecule has 5 heteroatoms. The Morgan fingerprint density at radius 3 is 2.00 bits per heavy atom. The number of hydrogen-bond donors (Lipinski definition) is 2. The summed E-state index contributed by atoms with van der Waals surface area (Å²) in [4.78, 5) is 0. The van der Waals surface area contributed by atoms with Crippen molar-refractivity contribution in [1.82, 2.24) is 0 Å². The van der Waals surface area contributed by atoms with Crippen LogP contribution in [0, 0.1) is 0 Å². The Morgan fingerprint density at radius 1 is 1.83 bits per heavy atom. The third-order valence-electron chi connectivity index (χ3n) is 0.143. The van der Waals surface area contributed by atoms with Crippen LogP contribution in [0.25, 0.3) is 0 Å². The van der Waals surface area contributed by atoms with E-state index in [4.69, 9.17) is 4.55 Å². The topological polar surface area (TPSA) is 63.3 Å². The fraction of sp³-hybridized carbons (Fsp3) is 1.00. The normalized spacial score (nSPS) is 12.3. The molecule has 1 atom stereocenters. The van der Waals surface area contributed by atoms with Crippen LogP contribution < -0.4 is 5.73 Å². The van der Waals surface area contributed by atoms with E-state index in [0.29, 0.717) is 0 Å². The zero-order valence-electron chi connectivity index (χ0n) is 3.55. The third kappa shape index (κ3) is 8.91. The van der Waals surface area contributed by atoms with Crippen molar-refractivity contribution in [1.29, 1.82) is 0 Å². The van der Waals surface area contributed by atoms with Gasteiger partial charge in [-0.25, -0.2) is 4.21 Å². The monoisotopic (exact) mass is 118 g/mol. The zero-order valence-corrected chi connectivity index (χ0v) is 6.36. The van der Waals surface area contributed by atoms with Crippen molar-refractivity contribution < 1.29 is 8.76 Å². The Bertz CT molecular complexity index is 48.8. The minimum atomic E-state index is -1.79. The van der Waals surface area contributed by atoms with Crippen LogP contribution in [0.5, 0.6) is 0 Å². The Labute approximate surface area is 60.9 Å². The Hall–Kier alpha value is 1.07. The van der Waals surface area contributed by atoms with Crippen LogP contribution in [0.3, 0.4) is 0 Å². The molecule has 0 aliphatic rings. The summed E-state index contributed by atoms with van der Waals surface area (Å²) in [6.07, 6.45) is 0. The predicted molar refractivity (Wildman–Crippen MR) is 25.6 cm³/mol. The van der Waals surface area contributed by atoms with Gasteiger partial charge in [-0.1, -0.05) is 0 Å². The summed E-state index contributed by atoms with van der Waals surface area (Å²) in [6, 6.07) is 0. The molecule has 0 bridgehead atoms. The summed E-state index contributed by atoms with van der Waals surface area (Å²) < 4.78 is 17.1. The summed E-state index contributed by atoms with van der Waals surface area (Å²) in [5.41, 5.74) is 4.62. The van der Waals surface area contributed by atoms with Crippen LogP contribution in [0.2, 0.25) is 0 Å². The van der Waals surface area contributed by atoms with E-state index in [1.807, 2.05) is 0 Å². The van der Waals surface area contributed by atoms with Gasteiger partial charge in [0.1, 0.15) is 0 Å². The molecule has 0 aromatic carbocycles. The molecule has 1 radical (unpaired) electrons. The largest absolute Gasteiger partial charge is 0.318 e. The predicted octanol–water partition coefficient (Wildman–Crippen LogP) is -1.26. The molecule has 1 unspecified atom stereocenters. The molecule has 0 fully saturated rings. The second-order valence-electron chi connectivity index (χ2n) is 0.488. The van der Waals surface area contributed by atoms with Crippen LogP contribution in [0.4, 0.5) is 0 Å². The Morgan fingerprint density at radius 2 is 2.00 bits per heavy atom. The summed E-state index contributed by atoms with van der Waals surface area (Å²) in [7, 11) is 0. The van der Waals surface area contributed by atoms with Gasteiger partial charge in [0.15, 0.2) is 11.1 Å². The molecule has 6 heavy (non-hydrogen) atoms. The smallest absolute Gasteiger partial charge is 0.167 e. The van der Waals surface area contributed by atoms with Gasteiger partial charge in [-0.2, -0.15) is 0 Å². The van der Waals surface area contributed by atoms with Crippen molar-refractivity contribution in [3.05, 3.63) is 0 Å². The van der Waals surface area contributed by atoms with Gasteiger partial charge in [-0.15, -0.1) is 0 Å². The quantitative estimate of drug-likeness (QED) is 0.334. The van der Waals surface area contributed by atoms with E-state index in [1.165, 1.54) is 0 Å². The molecule has 0 saturated heterocycles. The minimum absolute atomic E-state index is 0. The van der Waals surface area contributed by atoms with Crippen molar-refractivity contribution in [2.75, 3.05) is 5.88 Å². The second kappa shape index (κ2) is 6.07. The SMILES string of the molecule is NCS(=O)O.[Na]. The molecule has 0 rings (SSSR count). The molecule has 0 spiro atoms. The van der Waals surface area contributed by atoms with E-state index >= 15 is 0 Å². The van der Waals surface area contributed by atoms with Gasteiger partial charge in [0.2, 0.25) is 0 Å². The van der Waals surface area contributed by atoms with Crippen molar-refractivity contribution in [3.63, 3.8) is 0 Å². The molecular weight excluding hydrogens is 113 g/mol. The molecule has 0 aliphatic carbocycles. The first-order valence-electron chi connectivity index (χ1n) is 1.05. The molecule has 3 nitrogen and oxygen atoms in total. The molecule has 0 aliphatic heterocycles. The second-order valence-corrected chi connectivity index (χ2v) is 1.46. The summed E-state index contributed by atoms with van der Waals surface area (Å²) in [5.74, 6) is -0.167. The first-order chi connectivity index (χ1) is 2.27. The molecule has 0 aromatic heterocycles. The Balaban J connectivity index is 0. The van der Waals surface area contributed by atoms with Gasteiger partial charge in [-0.3, -0.25) is 0 Å². The van der Waals surface area contributed by atoms with Gasteiger partial charge < -0.3 is 10.3 Å². The first-order valence-corrected chi connectivity index (χ1v) is 2.32. The van der Waals surface area contributed by atoms with E-state index < -0.39 is 11.1 Å². The van der Waals surface area contributed by atoms with Gasteiger partial charge in [-0.05, 0) is 0 Å². The molecule has 33 valence electrons. The van der Waals surface area contributed by atoms with Crippen LogP contribution in [-0.2, 0) is 11.1 Å². The summed E-state index contributed by atoms with van der Waals surface area (Å²) >= 11 is -1.79. The average molecular weight is 118 g/mol. The van der Waals surface area contributed by atoms with Crippen LogP contribution in [0.15, 0.2) is 0 Å². The van der Waals surface area contributed by atoms with Crippen molar-refractivity contribution in [2.24, 2.45) is 5.73 Å². The third-order valence-corrected chi connectivity index (χ3v) is 0.428. The molecular formula is CH5NNaO2S. The fourth-order valence-corrected chi connectivity index (χ4v) is 0. The fourth-order valence-electron chi connectivity index (χ4n) is 0. The minimum Gasteiger partial charge on any atom is -0.318 e. The summed E-state index contributed by atoms with van der Waals surface area (Å²) in [5, 5.41) is 0. The molecule has 0 amide bonds. The van der Waals surface area contributed by atoms with Gasteiger partial charge >= 0.3 is 0 Å². The number of rotatable bonds is 1. The van der Waals surface area contributed by atoms with E-state index in [0.717, 1.165) is 0 Å². The number of nitrogens with two attached hydrogens (primary N) is 1. The van der Waals surface area contributed by atoms with Crippen molar-refractivity contribution in [3.8, 4) is 0 Å². The average Bonchev–Trinajstić information content (AvgIpc) is 1.38. The van der Waals surface area contributed by atoms with E-state index in [2.05, 4.69) is 5.73 Å². The van der Waals surface area contributed by atoms with Crippen LogP contribution >= 0.6 is 0 Å². The van der Waals surface area contributed by atoms with Gasteiger partial charge in [0.05, 0.1) is 5.88 Å². The zero-order chi connectivity index (χ0) is 4.28. The van der Waals surface area contributed by atoms with E-state index in [9.17, 15) is 4.21 Å². The van der Waals surface area contributed by atoms with Crippen molar-refractivity contribution in [2.45, 2.75) is 0 Å². The van der Waals surface area contributed by atoms with Crippen molar-refractivity contribution >= 4 is 40.6 Å². The van der Waals surface area contributed by atoms with Crippen LogP contribution in [-0.4, -0.2) is 44.2 Å². The molecule has 0 aromatic rings. The maximum atomic E-state index is 9.35. The first kappa shape index (κ1) is 10.1. The van der Waals surface area contributed by atoms with Crippen LogP contribution in [0.1, 0.15) is 0 Å². The summed E-state index contributed by atoms with van der Waals surface area (Å²) in [6.45, 7) is 0. The van der Waals surface area contributed by atoms with E-state index in [-0.39, 0.29) is 35.4 Å². The molecule has 0 heterocycles. The van der Waals surface area contributed by atoms with Gasteiger partial charge in [0.25, 0.3) is 0 Å². The maximum Gasteiger partial charge on any atom is 0.167 e. The Kier molecular flexibility index (Phi) is 10.3. The maximum absolute atomic E-state index is 9.35. The van der Waals surface area contributed by atoms with Gasteiger partial charge in [0, 0.05) is 29.6 Å². The molecule has 0 saturated carbocycles. The number of hydrogen-bond acceptors (Lipinski definition) is 2.